The van der Waals surface area contributed by atoms with Crippen LogP contribution in [0.5, 0.6) is 0 Å². The molecule has 0 fully saturated rings. The number of para-hydroxylation sites is 1. The molecule has 2 aliphatic rings. The number of nitrogens with zero attached hydrogens (tertiary/aromatic N) is 1. The number of amides is 1. The molecule has 2 aromatic rings. The molecule has 1 amide bonds. The lowest BCUT2D eigenvalue weighted by atomic mass is 9.90. The standard InChI is InChI=1S/C24H28N2O3/c27-22(25-15-14-17-8-2-1-3-9-17)16-29-24(28)23-18-10-4-6-12-20(18)26-21-13-7-5-11-19(21)23/h4,6,8,10,12H,1-3,5,7,9,11,13-16H2,(H,25,27). The SMILES string of the molecule is O=C(COC(=O)c1c2c(nc3ccccc13)CCCC2)NCCC1=CCCCC1. The van der Waals surface area contributed by atoms with Crippen molar-refractivity contribution in [2.75, 3.05) is 13.2 Å². The van der Waals surface area contributed by atoms with Crippen LogP contribution in [0.3, 0.4) is 0 Å². The van der Waals surface area contributed by atoms with Crippen LogP contribution < -0.4 is 5.32 Å². The molecule has 0 saturated heterocycles. The summed E-state index contributed by atoms with van der Waals surface area (Å²) in [5.74, 6) is -0.672. The van der Waals surface area contributed by atoms with Gasteiger partial charge < -0.3 is 10.1 Å². The number of allylic oxidation sites excluding steroid dienone is 1. The van der Waals surface area contributed by atoms with Gasteiger partial charge in [-0.2, -0.15) is 0 Å². The van der Waals surface area contributed by atoms with E-state index in [0.29, 0.717) is 12.1 Å². The zero-order chi connectivity index (χ0) is 20.1. The Morgan fingerprint density at radius 1 is 1.03 bits per heavy atom. The van der Waals surface area contributed by atoms with E-state index >= 15 is 0 Å². The maximum Gasteiger partial charge on any atom is 0.339 e. The Kier molecular flexibility index (Phi) is 6.23. The summed E-state index contributed by atoms with van der Waals surface area (Å²) in [4.78, 5) is 29.8. The summed E-state index contributed by atoms with van der Waals surface area (Å²) in [6, 6.07) is 7.66. The van der Waals surface area contributed by atoms with E-state index < -0.39 is 5.97 Å². The minimum absolute atomic E-state index is 0.247. The van der Waals surface area contributed by atoms with E-state index in [1.54, 1.807) is 0 Å². The van der Waals surface area contributed by atoms with Crippen LogP contribution in [0.2, 0.25) is 0 Å². The van der Waals surface area contributed by atoms with E-state index in [-0.39, 0.29) is 12.5 Å². The van der Waals surface area contributed by atoms with Crippen LogP contribution in [0, 0.1) is 0 Å². The lowest BCUT2D eigenvalue weighted by molar-refractivity contribution is -0.124. The summed E-state index contributed by atoms with van der Waals surface area (Å²) in [5.41, 5.74) is 4.80. The molecule has 1 N–H and O–H groups in total. The van der Waals surface area contributed by atoms with Crippen molar-refractivity contribution in [3.63, 3.8) is 0 Å². The van der Waals surface area contributed by atoms with Crippen LogP contribution in [-0.4, -0.2) is 30.0 Å². The van der Waals surface area contributed by atoms with E-state index in [9.17, 15) is 9.59 Å². The quantitative estimate of drug-likeness (QED) is 0.589. The number of rotatable bonds is 6. The first-order valence-corrected chi connectivity index (χ1v) is 10.7. The third-order valence-electron chi connectivity index (χ3n) is 5.86. The maximum absolute atomic E-state index is 12.9. The highest BCUT2D eigenvalue weighted by molar-refractivity contribution is 6.05. The van der Waals surface area contributed by atoms with Crippen molar-refractivity contribution in [3.8, 4) is 0 Å². The molecule has 1 aromatic heterocycles. The van der Waals surface area contributed by atoms with Gasteiger partial charge in [0.05, 0.1) is 11.1 Å². The number of nitrogens with one attached hydrogen (secondary N) is 1. The number of fused-ring (bicyclic) bond motifs is 2. The van der Waals surface area contributed by atoms with E-state index in [4.69, 9.17) is 9.72 Å². The molecule has 4 rings (SSSR count). The lowest BCUT2D eigenvalue weighted by Crippen LogP contribution is -2.30. The van der Waals surface area contributed by atoms with Gasteiger partial charge in [0, 0.05) is 17.6 Å². The molecular weight excluding hydrogens is 364 g/mol. The summed E-state index contributed by atoms with van der Waals surface area (Å²) in [5, 5.41) is 3.68. The number of pyridine rings is 1. The molecule has 152 valence electrons. The van der Waals surface area contributed by atoms with Gasteiger partial charge in [0.25, 0.3) is 5.91 Å². The Morgan fingerprint density at radius 2 is 1.86 bits per heavy atom. The van der Waals surface area contributed by atoms with Gasteiger partial charge in [-0.3, -0.25) is 9.78 Å². The third kappa shape index (κ3) is 4.66. The van der Waals surface area contributed by atoms with Crippen molar-refractivity contribution >= 4 is 22.8 Å². The maximum atomic E-state index is 12.9. The number of hydrogen-bond donors (Lipinski definition) is 1. The molecule has 0 aliphatic heterocycles. The molecule has 0 unspecified atom stereocenters. The van der Waals surface area contributed by atoms with Gasteiger partial charge in [0.15, 0.2) is 6.61 Å². The van der Waals surface area contributed by atoms with Gasteiger partial charge in [0.1, 0.15) is 0 Å². The van der Waals surface area contributed by atoms with Crippen molar-refractivity contribution < 1.29 is 14.3 Å². The highest BCUT2D eigenvalue weighted by Gasteiger charge is 2.24. The second-order valence-electron chi connectivity index (χ2n) is 7.92. The Morgan fingerprint density at radius 3 is 2.72 bits per heavy atom. The molecule has 2 aliphatic carbocycles. The van der Waals surface area contributed by atoms with Gasteiger partial charge in [-0.1, -0.05) is 29.8 Å². The zero-order valence-corrected chi connectivity index (χ0v) is 16.8. The number of aromatic nitrogens is 1. The molecule has 0 saturated carbocycles. The fourth-order valence-electron chi connectivity index (χ4n) is 4.35. The molecule has 5 nitrogen and oxygen atoms in total. The number of hydrogen-bond acceptors (Lipinski definition) is 4. The number of ether oxygens (including phenoxy) is 1. The Hall–Kier alpha value is -2.69. The third-order valence-corrected chi connectivity index (χ3v) is 5.86. The lowest BCUT2D eigenvalue weighted by Gasteiger charge is -2.20. The van der Waals surface area contributed by atoms with Crippen LogP contribution in [-0.2, 0) is 22.4 Å². The Balaban J connectivity index is 1.40. The van der Waals surface area contributed by atoms with Crippen LogP contribution in [0.4, 0.5) is 0 Å². The second-order valence-corrected chi connectivity index (χ2v) is 7.92. The van der Waals surface area contributed by atoms with Crippen LogP contribution in [0.15, 0.2) is 35.9 Å². The predicted octanol–water partition coefficient (Wildman–Crippen LogP) is 4.28. The van der Waals surface area contributed by atoms with Gasteiger partial charge in [0.2, 0.25) is 0 Å². The number of carbonyl (C=O) groups is 2. The smallest absolute Gasteiger partial charge is 0.339 e. The first kappa shape index (κ1) is 19.6. The van der Waals surface area contributed by atoms with Crippen molar-refractivity contribution in [1.82, 2.24) is 10.3 Å². The average Bonchev–Trinajstić information content (AvgIpc) is 2.76. The van der Waals surface area contributed by atoms with E-state index in [1.165, 1.54) is 18.4 Å². The molecule has 1 heterocycles. The number of benzene rings is 1. The van der Waals surface area contributed by atoms with Gasteiger partial charge in [-0.15, -0.1) is 0 Å². The minimum Gasteiger partial charge on any atom is -0.452 e. The van der Waals surface area contributed by atoms with Gasteiger partial charge in [-0.05, 0) is 69.4 Å². The second kappa shape index (κ2) is 9.21. The molecule has 29 heavy (non-hydrogen) atoms. The first-order chi connectivity index (χ1) is 14.2. The number of carbonyl (C=O) groups excluding carboxylic acids is 2. The zero-order valence-electron chi connectivity index (χ0n) is 16.8. The molecule has 0 radical (unpaired) electrons. The molecule has 0 spiro atoms. The number of esters is 1. The molecular formula is C24H28N2O3. The predicted molar refractivity (Wildman–Crippen MR) is 113 cm³/mol. The fraction of sp³-hybridized carbons (Fsp3) is 0.458. The summed E-state index contributed by atoms with van der Waals surface area (Å²) in [6.45, 7) is 0.346. The fourth-order valence-corrected chi connectivity index (χ4v) is 4.35. The summed E-state index contributed by atoms with van der Waals surface area (Å²) < 4.78 is 5.41. The van der Waals surface area contributed by atoms with Crippen LogP contribution in [0.25, 0.3) is 10.9 Å². The van der Waals surface area contributed by atoms with Crippen molar-refractivity contribution in [3.05, 3.63) is 52.7 Å². The van der Waals surface area contributed by atoms with Crippen molar-refractivity contribution in [2.45, 2.75) is 57.8 Å². The van der Waals surface area contributed by atoms with E-state index in [0.717, 1.165) is 67.1 Å². The Bertz CT molecular complexity index is 949. The van der Waals surface area contributed by atoms with E-state index in [2.05, 4.69) is 11.4 Å². The average molecular weight is 392 g/mol. The largest absolute Gasteiger partial charge is 0.452 e. The van der Waals surface area contributed by atoms with Crippen molar-refractivity contribution in [2.24, 2.45) is 0 Å². The highest BCUT2D eigenvalue weighted by Crippen LogP contribution is 2.29. The van der Waals surface area contributed by atoms with Crippen LogP contribution >= 0.6 is 0 Å². The molecule has 0 atom stereocenters. The molecule has 0 bridgehead atoms. The topological polar surface area (TPSA) is 68.3 Å². The molecule has 1 aromatic carbocycles. The summed E-state index contributed by atoms with van der Waals surface area (Å²) >= 11 is 0. The first-order valence-electron chi connectivity index (χ1n) is 10.7. The van der Waals surface area contributed by atoms with Gasteiger partial charge in [-0.25, -0.2) is 4.79 Å². The monoisotopic (exact) mass is 392 g/mol. The summed E-state index contributed by atoms with van der Waals surface area (Å²) in [7, 11) is 0. The normalized spacial score (nSPS) is 16.1. The van der Waals surface area contributed by atoms with Crippen molar-refractivity contribution in [1.29, 1.82) is 0 Å². The minimum atomic E-state index is -0.424. The van der Waals surface area contributed by atoms with Crippen LogP contribution in [0.1, 0.15) is 66.6 Å². The summed E-state index contributed by atoms with van der Waals surface area (Å²) in [6.07, 6.45) is 11.8. The number of aryl methyl sites for hydroxylation is 1. The Labute approximate surface area is 171 Å². The van der Waals surface area contributed by atoms with Gasteiger partial charge >= 0.3 is 5.97 Å². The molecule has 5 heteroatoms. The highest BCUT2D eigenvalue weighted by atomic mass is 16.5. The van der Waals surface area contributed by atoms with E-state index in [1.807, 2.05) is 24.3 Å².